The summed E-state index contributed by atoms with van der Waals surface area (Å²) in [7, 11) is 0. The highest BCUT2D eigenvalue weighted by Gasteiger charge is 2.33. The van der Waals surface area contributed by atoms with E-state index >= 15 is 0 Å². The second kappa shape index (κ2) is 6.13. The van der Waals surface area contributed by atoms with Crippen molar-refractivity contribution < 1.29 is 0 Å². The van der Waals surface area contributed by atoms with E-state index in [4.69, 9.17) is 0 Å². The first-order valence-corrected chi connectivity index (χ1v) is 7.92. The van der Waals surface area contributed by atoms with Crippen LogP contribution in [0.25, 0.3) is 0 Å². The highest BCUT2D eigenvalue weighted by molar-refractivity contribution is 7.09. The minimum absolute atomic E-state index is 0.286. The Bertz CT molecular complexity index is 352. The smallest absolute Gasteiger partial charge is 0.0937 e. The summed E-state index contributed by atoms with van der Waals surface area (Å²) < 4.78 is 0. The van der Waals surface area contributed by atoms with E-state index in [2.05, 4.69) is 41.4 Å². The Morgan fingerprint density at radius 3 is 3.00 bits per heavy atom. The molecule has 1 fully saturated rings. The summed E-state index contributed by atoms with van der Waals surface area (Å²) in [6.45, 7) is 10.3. The molecule has 18 heavy (non-hydrogen) atoms. The molecule has 4 heteroatoms. The quantitative estimate of drug-likeness (QED) is 0.888. The van der Waals surface area contributed by atoms with Crippen LogP contribution in [-0.2, 0) is 6.42 Å². The van der Waals surface area contributed by atoms with Gasteiger partial charge in [0.25, 0.3) is 0 Å². The van der Waals surface area contributed by atoms with Gasteiger partial charge in [0.15, 0.2) is 0 Å². The lowest BCUT2D eigenvalue weighted by Gasteiger charge is -2.46. The predicted molar refractivity (Wildman–Crippen MR) is 78.2 cm³/mol. The Balaban J connectivity index is 1.93. The third-order valence-electron chi connectivity index (χ3n) is 4.18. The van der Waals surface area contributed by atoms with Crippen LogP contribution in [0.5, 0.6) is 0 Å². The van der Waals surface area contributed by atoms with E-state index < -0.39 is 0 Å². The Morgan fingerprint density at radius 2 is 2.39 bits per heavy atom. The first kappa shape index (κ1) is 14.0. The number of thiazole rings is 1. The van der Waals surface area contributed by atoms with Crippen molar-refractivity contribution in [2.45, 2.75) is 51.6 Å². The molecule has 102 valence electrons. The van der Waals surface area contributed by atoms with E-state index in [0.29, 0.717) is 6.04 Å². The van der Waals surface area contributed by atoms with Crippen LogP contribution in [0, 0.1) is 0 Å². The summed E-state index contributed by atoms with van der Waals surface area (Å²) in [5.74, 6) is 0. The van der Waals surface area contributed by atoms with Gasteiger partial charge in [0.2, 0.25) is 0 Å². The molecule has 1 aliphatic rings. The van der Waals surface area contributed by atoms with Gasteiger partial charge in [0.1, 0.15) is 0 Å². The normalized spacial score (nSPS) is 29.6. The molecule has 1 aliphatic heterocycles. The molecule has 3 nitrogen and oxygen atoms in total. The van der Waals surface area contributed by atoms with Crippen molar-refractivity contribution in [1.29, 1.82) is 0 Å². The molecule has 1 aromatic heterocycles. The third-order valence-corrected chi connectivity index (χ3v) is 5.02. The molecule has 1 aromatic rings. The van der Waals surface area contributed by atoms with Gasteiger partial charge in [-0.25, -0.2) is 4.98 Å². The van der Waals surface area contributed by atoms with Gasteiger partial charge in [0, 0.05) is 49.2 Å². The number of piperazine rings is 1. The maximum Gasteiger partial charge on any atom is 0.0937 e. The average molecular weight is 267 g/mol. The van der Waals surface area contributed by atoms with E-state index in [9.17, 15) is 0 Å². The Kier molecular flexibility index (Phi) is 4.76. The molecule has 1 N–H and O–H groups in total. The standard InChI is InChI=1S/C14H25N3S/c1-4-12-10-16-14(3,5-2)11-17(12)8-6-13-15-7-9-18-13/h7,9,12,16H,4-6,8,10-11H2,1-3H3. The summed E-state index contributed by atoms with van der Waals surface area (Å²) in [6, 6.07) is 0.685. The van der Waals surface area contributed by atoms with Gasteiger partial charge in [-0.2, -0.15) is 0 Å². The van der Waals surface area contributed by atoms with Crippen molar-refractivity contribution in [3.05, 3.63) is 16.6 Å². The molecular formula is C14H25N3S. The first-order valence-electron chi connectivity index (χ1n) is 7.04. The van der Waals surface area contributed by atoms with E-state index in [1.54, 1.807) is 11.3 Å². The highest BCUT2D eigenvalue weighted by Crippen LogP contribution is 2.20. The SMILES string of the molecule is CCC1CNC(C)(CC)CN1CCc1nccs1. The molecule has 0 aliphatic carbocycles. The molecule has 2 rings (SSSR count). The number of aromatic nitrogens is 1. The van der Waals surface area contributed by atoms with Crippen molar-refractivity contribution in [2.75, 3.05) is 19.6 Å². The van der Waals surface area contributed by atoms with E-state index in [1.807, 2.05) is 6.20 Å². The van der Waals surface area contributed by atoms with Crippen molar-refractivity contribution in [3.63, 3.8) is 0 Å². The van der Waals surface area contributed by atoms with Gasteiger partial charge >= 0.3 is 0 Å². The van der Waals surface area contributed by atoms with Crippen LogP contribution in [0.15, 0.2) is 11.6 Å². The molecular weight excluding hydrogens is 242 g/mol. The number of nitrogens with one attached hydrogen (secondary N) is 1. The third kappa shape index (κ3) is 3.31. The highest BCUT2D eigenvalue weighted by atomic mass is 32.1. The topological polar surface area (TPSA) is 28.2 Å². The van der Waals surface area contributed by atoms with E-state index in [1.165, 1.54) is 17.8 Å². The summed E-state index contributed by atoms with van der Waals surface area (Å²) in [4.78, 5) is 7.04. The van der Waals surface area contributed by atoms with Crippen LogP contribution in [0.1, 0.15) is 38.6 Å². The summed E-state index contributed by atoms with van der Waals surface area (Å²) in [5, 5.41) is 7.05. The maximum atomic E-state index is 4.38. The van der Waals surface area contributed by atoms with Crippen molar-refractivity contribution in [2.24, 2.45) is 0 Å². The summed E-state index contributed by atoms with van der Waals surface area (Å²) in [5.41, 5.74) is 0.286. The largest absolute Gasteiger partial charge is 0.309 e. The molecule has 0 saturated carbocycles. The van der Waals surface area contributed by atoms with Crippen LogP contribution < -0.4 is 5.32 Å². The van der Waals surface area contributed by atoms with E-state index in [-0.39, 0.29) is 5.54 Å². The number of hydrogen-bond acceptors (Lipinski definition) is 4. The lowest BCUT2D eigenvalue weighted by Crippen LogP contribution is -2.62. The Morgan fingerprint density at radius 1 is 1.56 bits per heavy atom. The van der Waals surface area contributed by atoms with Gasteiger partial charge in [0.05, 0.1) is 5.01 Å². The molecule has 0 aromatic carbocycles. The van der Waals surface area contributed by atoms with Gasteiger partial charge in [-0.05, 0) is 19.8 Å². The number of nitrogens with zero attached hydrogens (tertiary/aromatic N) is 2. The molecule has 0 amide bonds. The second-order valence-corrected chi connectivity index (χ2v) is 6.48. The minimum atomic E-state index is 0.286. The van der Waals surface area contributed by atoms with Crippen LogP contribution in [0.4, 0.5) is 0 Å². The molecule has 2 heterocycles. The van der Waals surface area contributed by atoms with E-state index in [0.717, 1.165) is 26.1 Å². The predicted octanol–water partition coefficient (Wildman–Crippen LogP) is 2.54. The molecule has 0 spiro atoms. The fourth-order valence-corrected chi connectivity index (χ4v) is 3.25. The molecule has 2 atom stereocenters. The average Bonchev–Trinajstić information content (AvgIpc) is 2.90. The lowest BCUT2D eigenvalue weighted by atomic mass is 9.92. The number of rotatable bonds is 5. The monoisotopic (exact) mass is 267 g/mol. The van der Waals surface area contributed by atoms with Crippen molar-refractivity contribution >= 4 is 11.3 Å². The van der Waals surface area contributed by atoms with Crippen molar-refractivity contribution in [3.8, 4) is 0 Å². The fraction of sp³-hybridized carbons (Fsp3) is 0.786. The zero-order valence-corrected chi connectivity index (χ0v) is 12.6. The van der Waals surface area contributed by atoms with Crippen molar-refractivity contribution in [1.82, 2.24) is 15.2 Å². The lowest BCUT2D eigenvalue weighted by molar-refractivity contribution is 0.0832. The number of hydrogen-bond donors (Lipinski definition) is 1. The van der Waals surface area contributed by atoms with Gasteiger partial charge in [-0.1, -0.05) is 13.8 Å². The maximum absolute atomic E-state index is 4.38. The Hall–Kier alpha value is -0.450. The van der Waals surface area contributed by atoms with Gasteiger partial charge in [-0.3, -0.25) is 4.90 Å². The van der Waals surface area contributed by atoms with Crippen LogP contribution in [0.3, 0.4) is 0 Å². The second-order valence-electron chi connectivity index (χ2n) is 5.50. The van der Waals surface area contributed by atoms with Crippen LogP contribution in [-0.4, -0.2) is 41.1 Å². The summed E-state index contributed by atoms with van der Waals surface area (Å²) >= 11 is 1.77. The van der Waals surface area contributed by atoms with Gasteiger partial charge in [-0.15, -0.1) is 11.3 Å². The molecule has 1 saturated heterocycles. The minimum Gasteiger partial charge on any atom is -0.309 e. The zero-order chi connectivity index (χ0) is 13.0. The summed E-state index contributed by atoms with van der Waals surface area (Å²) in [6.07, 6.45) is 5.42. The Labute approximate surface area is 115 Å². The molecule has 0 radical (unpaired) electrons. The first-order chi connectivity index (χ1) is 8.67. The van der Waals surface area contributed by atoms with Crippen LogP contribution in [0.2, 0.25) is 0 Å². The molecule has 0 bridgehead atoms. The van der Waals surface area contributed by atoms with Gasteiger partial charge < -0.3 is 5.32 Å². The van der Waals surface area contributed by atoms with Crippen LogP contribution >= 0.6 is 11.3 Å². The molecule has 2 unspecified atom stereocenters. The fourth-order valence-electron chi connectivity index (χ4n) is 2.64. The zero-order valence-electron chi connectivity index (χ0n) is 11.8.